The zero-order chi connectivity index (χ0) is 17.9. The Morgan fingerprint density at radius 2 is 1.81 bits per heavy atom. The number of aryl methyl sites for hydroxylation is 1. The highest BCUT2D eigenvalue weighted by molar-refractivity contribution is 7.71. The third kappa shape index (κ3) is 3.66. The van der Waals surface area contributed by atoms with Crippen LogP contribution in [-0.4, -0.2) is 50.9 Å². The summed E-state index contributed by atoms with van der Waals surface area (Å²) in [5.74, 6) is 1.64. The van der Waals surface area contributed by atoms with E-state index in [1.165, 1.54) is 10.5 Å². The summed E-state index contributed by atoms with van der Waals surface area (Å²) in [5, 5.41) is 3.35. The van der Waals surface area contributed by atoms with Gasteiger partial charge < -0.3 is 9.80 Å². The molecule has 0 radical (unpaired) electrons. The number of piperazine rings is 1. The molecule has 0 aliphatic carbocycles. The van der Waals surface area contributed by atoms with E-state index in [4.69, 9.17) is 12.2 Å². The predicted molar refractivity (Wildman–Crippen MR) is 103 cm³/mol. The van der Waals surface area contributed by atoms with Crippen molar-refractivity contribution in [2.45, 2.75) is 13.6 Å². The summed E-state index contributed by atoms with van der Waals surface area (Å²) in [6, 6.07) is 10.1. The Hall–Kier alpha value is -2.58. The summed E-state index contributed by atoms with van der Waals surface area (Å²) in [6.45, 7) is 6.77. The molecule has 0 amide bonds. The average Bonchev–Trinajstić information content (AvgIpc) is 3.04. The number of quaternary nitrogens is 1. The van der Waals surface area contributed by atoms with Gasteiger partial charge in [0.1, 0.15) is 0 Å². The van der Waals surface area contributed by atoms with Crippen LogP contribution >= 0.6 is 12.2 Å². The molecule has 1 aliphatic rings. The van der Waals surface area contributed by atoms with E-state index in [9.17, 15) is 0 Å². The zero-order valence-electron chi connectivity index (χ0n) is 14.7. The smallest absolute Gasteiger partial charge is 0.225 e. The van der Waals surface area contributed by atoms with E-state index in [1.807, 2.05) is 10.7 Å². The molecule has 7 nitrogen and oxygen atoms in total. The molecule has 1 saturated heterocycles. The first kappa shape index (κ1) is 16.9. The van der Waals surface area contributed by atoms with Crippen molar-refractivity contribution < 1.29 is 4.90 Å². The molecule has 2 N–H and O–H groups in total. The van der Waals surface area contributed by atoms with Crippen LogP contribution in [0.15, 0.2) is 42.7 Å². The number of hydrogen-bond donors (Lipinski definition) is 2. The highest BCUT2D eigenvalue weighted by atomic mass is 32.1. The van der Waals surface area contributed by atoms with E-state index in [-0.39, 0.29) is 0 Å². The number of nitrogens with zero attached hydrogens (tertiary/aromatic N) is 5. The second-order valence-electron chi connectivity index (χ2n) is 6.59. The highest BCUT2D eigenvalue weighted by Crippen LogP contribution is 2.15. The Morgan fingerprint density at radius 3 is 2.50 bits per heavy atom. The molecule has 3 heterocycles. The lowest BCUT2D eigenvalue weighted by molar-refractivity contribution is -0.924. The number of rotatable bonds is 4. The second kappa shape index (κ2) is 7.35. The Balaban J connectivity index is 1.41. The van der Waals surface area contributed by atoms with Crippen LogP contribution in [0.4, 0.5) is 5.95 Å². The van der Waals surface area contributed by atoms with Crippen LogP contribution in [0.25, 0.3) is 11.4 Å². The fourth-order valence-electron chi connectivity index (χ4n) is 3.16. The van der Waals surface area contributed by atoms with Gasteiger partial charge in [0.05, 0.1) is 26.2 Å². The van der Waals surface area contributed by atoms with Crippen LogP contribution in [0.1, 0.15) is 5.56 Å². The van der Waals surface area contributed by atoms with Crippen molar-refractivity contribution >= 4 is 18.2 Å². The molecule has 26 heavy (non-hydrogen) atoms. The normalized spacial score (nSPS) is 15.3. The van der Waals surface area contributed by atoms with Crippen LogP contribution in [0.2, 0.25) is 0 Å². The van der Waals surface area contributed by atoms with Crippen LogP contribution in [0, 0.1) is 11.7 Å². The van der Waals surface area contributed by atoms with E-state index >= 15 is 0 Å². The van der Waals surface area contributed by atoms with Gasteiger partial charge in [-0.05, 0) is 25.2 Å². The first-order valence-electron chi connectivity index (χ1n) is 8.78. The van der Waals surface area contributed by atoms with Crippen molar-refractivity contribution in [3.05, 3.63) is 53.1 Å². The fourth-order valence-corrected chi connectivity index (χ4v) is 3.37. The van der Waals surface area contributed by atoms with Gasteiger partial charge in [-0.25, -0.2) is 14.6 Å². The Kier molecular flexibility index (Phi) is 4.77. The Bertz CT molecular complexity index is 909. The van der Waals surface area contributed by atoms with Gasteiger partial charge in [-0.15, -0.1) is 0 Å². The number of aromatic nitrogens is 5. The minimum absolute atomic E-state index is 0.599. The predicted octanol–water partition coefficient (Wildman–Crippen LogP) is 1.07. The van der Waals surface area contributed by atoms with Gasteiger partial charge in [-0.1, -0.05) is 29.8 Å². The SMILES string of the molecule is Cc1ccc(-c2nc(=S)n(C[NH+]3CCN(c4ncccn4)CC3)[nH]2)cc1. The third-order valence-electron chi connectivity index (χ3n) is 4.69. The van der Waals surface area contributed by atoms with Crippen molar-refractivity contribution in [2.75, 3.05) is 31.1 Å². The fraction of sp³-hybridized carbons (Fsp3) is 0.333. The highest BCUT2D eigenvalue weighted by Gasteiger charge is 2.22. The number of benzene rings is 1. The maximum Gasteiger partial charge on any atom is 0.225 e. The molecule has 0 spiro atoms. The molecule has 1 aliphatic heterocycles. The summed E-state index contributed by atoms with van der Waals surface area (Å²) < 4.78 is 2.57. The minimum atomic E-state index is 0.599. The molecule has 2 aromatic heterocycles. The van der Waals surface area contributed by atoms with Gasteiger partial charge in [0.15, 0.2) is 12.5 Å². The van der Waals surface area contributed by atoms with Gasteiger partial charge in [0.2, 0.25) is 10.7 Å². The van der Waals surface area contributed by atoms with Crippen molar-refractivity contribution in [2.24, 2.45) is 0 Å². The average molecular weight is 368 g/mol. The number of H-pyrrole nitrogens is 1. The Morgan fingerprint density at radius 1 is 1.12 bits per heavy atom. The summed E-state index contributed by atoms with van der Waals surface area (Å²) in [7, 11) is 0. The number of aromatic amines is 1. The van der Waals surface area contributed by atoms with Crippen LogP contribution < -0.4 is 9.80 Å². The van der Waals surface area contributed by atoms with Crippen molar-refractivity contribution in [3.8, 4) is 11.4 Å². The standard InChI is InChI=1S/C18H21N7S/c1-14-3-5-15(6-4-14)16-21-18(26)25(22-16)13-23-9-11-24(12-10-23)17-19-7-2-8-20-17/h2-8H,9-13H2,1H3,(H,21,22,26)/p+1. The van der Waals surface area contributed by atoms with Gasteiger partial charge in [-0.3, -0.25) is 5.10 Å². The molecule has 1 fully saturated rings. The van der Waals surface area contributed by atoms with Gasteiger partial charge in [0.25, 0.3) is 0 Å². The molecule has 3 aromatic rings. The molecule has 0 unspecified atom stereocenters. The lowest BCUT2D eigenvalue weighted by Gasteiger charge is -2.31. The van der Waals surface area contributed by atoms with E-state index in [2.05, 4.69) is 56.1 Å². The van der Waals surface area contributed by atoms with E-state index in [0.717, 1.165) is 50.2 Å². The lowest BCUT2D eigenvalue weighted by Crippen LogP contribution is -3.14. The first-order chi connectivity index (χ1) is 12.7. The van der Waals surface area contributed by atoms with Crippen LogP contribution in [0.5, 0.6) is 0 Å². The van der Waals surface area contributed by atoms with Crippen molar-refractivity contribution in [3.63, 3.8) is 0 Å². The monoisotopic (exact) mass is 368 g/mol. The molecule has 4 rings (SSSR count). The summed E-state index contributed by atoms with van der Waals surface area (Å²) in [5.41, 5.74) is 2.29. The molecule has 134 valence electrons. The molecule has 0 saturated carbocycles. The zero-order valence-corrected chi connectivity index (χ0v) is 15.5. The third-order valence-corrected chi connectivity index (χ3v) is 5.00. The van der Waals surface area contributed by atoms with Gasteiger partial charge in [0, 0.05) is 18.0 Å². The minimum Gasteiger partial charge on any atom is -0.330 e. The lowest BCUT2D eigenvalue weighted by atomic mass is 10.1. The summed E-state index contributed by atoms with van der Waals surface area (Å²) in [6.07, 6.45) is 3.58. The topological polar surface area (TPSA) is 67.1 Å². The van der Waals surface area contributed by atoms with Gasteiger partial charge >= 0.3 is 0 Å². The molecular weight excluding hydrogens is 346 g/mol. The summed E-state index contributed by atoms with van der Waals surface area (Å²) >= 11 is 5.44. The largest absolute Gasteiger partial charge is 0.330 e. The van der Waals surface area contributed by atoms with E-state index in [0.29, 0.717) is 4.77 Å². The van der Waals surface area contributed by atoms with Crippen LogP contribution in [0.3, 0.4) is 0 Å². The number of nitrogens with one attached hydrogen (secondary N) is 2. The molecule has 1 aromatic carbocycles. The number of hydrogen-bond acceptors (Lipinski definition) is 5. The van der Waals surface area contributed by atoms with Gasteiger partial charge in [-0.2, -0.15) is 4.98 Å². The van der Waals surface area contributed by atoms with Crippen molar-refractivity contribution in [1.29, 1.82) is 0 Å². The molecule has 8 heteroatoms. The van der Waals surface area contributed by atoms with E-state index < -0.39 is 0 Å². The second-order valence-corrected chi connectivity index (χ2v) is 6.96. The Labute approximate surface area is 157 Å². The van der Waals surface area contributed by atoms with Crippen LogP contribution in [-0.2, 0) is 6.67 Å². The van der Waals surface area contributed by atoms with Crippen molar-refractivity contribution in [1.82, 2.24) is 24.7 Å². The molecular formula is C18H22N7S+. The molecule has 0 bridgehead atoms. The maximum atomic E-state index is 5.44. The number of anilines is 1. The molecule has 0 atom stereocenters. The maximum absolute atomic E-state index is 5.44. The summed E-state index contributed by atoms with van der Waals surface area (Å²) in [4.78, 5) is 16.9. The van der Waals surface area contributed by atoms with E-state index in [1.54, 1.807) is 12.4 Å². The first-order valence-corrected chi connectivity index (χ1v) is 9.19. The quantitative estimate of drug-likeness (QED) is 0.675.